The van der Waals surface area contributed by atoms with E-state index in [-0.39, 0.29) is 24.0 Å². The van der Waals surface area contributed by atoms with Crippen molar-refractivity contribution in [2.75, 3.05) is 12.3 Å². The Bertz CT molecular complexity index is 472. The molecule has 0 amide bonds. The van der Waals surface area contributed by atoms with E-state index in [9.17, 15) is 14.3 Å². The molecule has 112 valence electrons. The van der Waals surface area contributed by atoms with E-state index < -0.39 is 13.3 Å². The number of hydrogen-bond donors (Lipinski definition) is 2. The Labute approximate surface area is 126 Å². The molecule has 20 heavy (non-hydrogen) atoms. The van der Waals surface area contributed by atoms with Gasteiger partial charge < -0.3 is 10.00 Å². The minimum atomic E-state index is -3.31. The van der Waals surface area contributed by atoms with Crippen LogP contribution in [0.15, 0.2) is 29.4 Å². The second kappa shape index (κ2) is 8.72. The number of carbonyl (C=O) groups is 1. The summed E-state index contributed by atoms with van der Waals surface area (Å²) in [5.74, 6) is -1.03. The van der Waals surface area contributed by atoms with Gasteiger partial charge in [0.15, 0.2) is 0 Å². The number of nitrogens with zero attached hydrogens (tertiary/aromatic N) is 1. The van der Waals surface area contributed by atoms with Gasteiger partial charge >= 0.3 is 5.97 Å². The molecule has 1 aromatic heterocycles. The molecule has 8 heteroatoms. The number of aromatic nitrogens is 1. The van der Waals surface area contributed by atoms with Gasteiger partial charge in [0.1, 0.15) is 5.03 Å². The average molecular weight is 335 g/mol. The van der Waals surface area contributed by atoms with Crippen molar-refractivity contribution < 1.29 is 19.4 Å². The Hall–Kier alpha value is -0.490. The quantitative estimate of drug-likeness (QED) is 0.528. The maximum atomic E-state index is 11.8. The fourth-order valence-electron chi connectivity index (χ4n) is 1.34. The van der Waals surface area contributed by atoms with Gasteiger partial charge in [-0.1, -0.05) is 23.8 Å². The zero-order valence-electron chi connectivity index (χ0n) is 11.1. The van der Waals surface area contributed by atoms with E-state index >= 15 is 0 Å². The largest absolute Gasteiger partial charge is 0.481 e. The van der Waals surface area contributed by atoms with Crippen molar-refractivity contribution in [2.45, 2.75) is 30.0 Å². The summed E-state index contributed by atoms with van der Waals surface area (Å²) in [5.41, 5.74) is 0. The molecule has 2 unspecified atom stereocenters. The third-order valence-electron chi connectivity index (χ3n) is 2.50. The van der Waals surface area contributed by atoms with Crippen LogP contribution in [-0.2, 0) is 9.36 Å². The van der Waals surface area contributed by atoms with E-state index in [0.29, 0.717) is 6.42 Å². The van der Waals surface area contributed by atoms with Crippen LogP contribution in [-0.4, -0.2) is 38.5 Å². The third kappa shape index (κ3) is 7.94. The molecule has 1 heterocycles. The maximum Gasteiger partial charge on any atom is 0.303 e. The molecule has 0 fully saturated rings. The zero-order valence-corrected chi connectivity index (χ0v) is 13.7. The van der Waals surface area contributed by atoms with Crippen LogP contribution in [0.25, 0.3) is 0 Å². The highest BCUT2D eigenvalue weighted by atomic mass is 33.1. The van der Waals surface area contributed by atoms with Crippen LogP contribution in [0.4, 0.5) is 0 Å². The molecule has 0 aliphatic carbocycles. The molecule has 1 aromatic rings. The summed E-state index contributed by atoms with van der Waals surface area (Å²) >= 11 is 0. The molecule has 0 aliphatic rings. The lowest BCUT2D eigenvalue weighted by Crippen LogP contribution is -2.05. The summed E-state index contributed by atoms with van der Waals surface area (Å²) in [5, 5.41) is 9.62. The van der Waals surface area contributed by atoms with Gasteiger partial charge in [-0.15, -0.1) is 0 Å². The van der Waals surface area contributed by atoms with Crippen LogP contribution < -0.4 is 0 Å². The lowest BCUT2D eigenvalue weighted by Gasteiger charge is -2.14. The van der Waals surface area contributed by atoms with Crippen molar-refractivity contribution in [3.05, 3.63) is 24.4 Å². The Balaban J connectivity index is 2.27. The molecule has 1 rings (SSSR count). The van der Waals surface area contributed by atoms with Crippen molar-refractivity contribution >= 4 is 34.9 Å². The minimum absolute atomic E-state index is 0.146. The van der Waals surface area contributed by atoms with Crippen molar-refractivity contribution in [2.24, 2.45) is 0 Å². The van der Waals surface area contributed by atoms with Gasteiger partial charge in [-0.3, -0.25) is 9.36 Å². The molecule has 5 nitrogen and oxygen atoms in total. The number of rotatable bonds is 9. The van der Waals surface area contributed by atoms with Gasteiger partial charge in [-0.05, 0) is 29.3 Å². The fraction of sp³-hybridized carbons (Fsp3) is 0.500. The SMILES string of the molecule is CC(CCP(=O)(O)CCC(=O)O)SSc1ccccn1. The van der Waals surface area contributed by atoms with Crippen LogP contribution in [0.5, 0.6) is 0 Å². The highest BCUT2D eigenvalue weighted by molar-refractivity contribution is 8.76. The first-order valence-electron chi connectivity index (χ1n) is 6.16. The van der Waals surface area contributed by atoms with Crippen molar-refractivity contribution in [1.82, 2.24) is 4.98 Å². The second-order valence-corrected chi connectivity index (χ2v) is 9.63. The molecule has 0 saturated carbocycles. The van der Waals surface area contributed by atoms with Crippen molar-refractivity contribution in [1.29, 1.82) is 0 Å². The smallest absolute Gasteiger partial charge is 0.303 e. The molecule has 0 bridgehead atoms. The lowest BCUT2D eigenvalue weighted by molar-refractivity contribution is -0.136. The predicted molar refractivity (Wildman–Crippen MR) is 83.6 cm³/mol. The summed E-state index contributed by atoms with van der Waals surface area (Å²) in [6, 6.07) is 5.67. The highest BCUT2D eigenvalue weighted by Crippen LogP contribution is 2.44. The first kappa shape index (κ1) is 17.6. The summed E-state index contributed by atoms with van der Waals surface area (Å²) < 4.78 is 11.8. The van der Waals surface area contributed by atoms with Crippen LogP contribution in [0.2, 0.25) is 0 Å². The van der Waals surface area contributed by atoms with Gasteiger partial charge in [0.2, 0.25) is 7.37 Å². The first-order valence-corrected chi connectivity index (χ1v) is 10.4. The summed E-state index contributed by atoms with van der Waals surface area (Å²) in [7, 11) is -0.177. The Morgan fingerprint density at radius 1 is 1.45 bits per heavy atom. The van der Waals surface area contributed by atoms with Crippen molar-refractivity contribution in [3.8, 4) is 0 Å². The Morgan fingerprint density at radius 2 is 2.20 bits per heavy atom. The number of aliphatic carboxylic acids is 1. The minimum Gasteiger partial charge on any atom is -0.481 e. The van der Waals surface area contributed by atoms with E-state index in [2.05, 4.69) is 4.98 Å². The van der Waals surface area contributed by atoms with E-state index in [0.717, 1.165) is 5.03 Å². The van der Waals surface area contributed by atoms with Crippen molar-refractivity contribution in [3.63, 3.8) is 0 Å². The summed E-state index contributed by atoms with van der Waals surface area (Å²) in [4.78, 5) is 24.2. The zero-order chi connectivity index (χ0) is 15.0. The molecule has 0 aromatic carbocycles. The molecule has 0 spiro atoms. The molecule has 2 atom stereocenters. The van der Waals surface area contributed by atoms with Gasteiger partial charge in [0.25, 0.3) is 0 Å². The summed E-state index contributed by atoms with van der Waals surface area (Å²) in [6.07, 6.45) is 2.07. The predicted octanol–water partition coefficient (Wildman–Crippen LogP) is 3.35. The molecular formula is C12H18NO4PS2. The van der Waals surface area contributed by atoms with Gasteiger partial charge in [-0.2, -0.15) is 0 Å². The van der Waals surface area contributed by atoms with Crippen LogP contribution in [0.1, 0.15) is 19.8 Å². The number of pyridine rings is 1. The third-order valence-corrected chi connectivity index (χ3v) is 7.23. The molecule has 0 saturated heterocycles. The van der Waals surface area contributed by atoms with E-state index in [4.69, 9.17) is 5.11 Å². The van der Waals surface area contributed by atoms with E-state index in [1.807, 2.05) is 25.1 Å². The molecule has 2 N–H and O–H groups in total. The van der Waals surface area contributed by atoms with Crippen LogP contribution >= 0.6 is 29.0 Å². The maximum absolute atomic E-state index is 11.8. The number of carboxylic acid groups (broad SMARTS) is 1. The topological polar surface area (TPSA) is 87.5 Å². The normalized spacial score (nSPS) is 15.5. The Kier molecular flexibility index (Phi) is 7.66. The average Bonchev–Trinajstić information content (AvgIpc) is 2.42. The highest BCUT2D eigenvalue weighted by Gasteiger charge is 2.20. The Morgan fingerprint density at radius 3 is 2.80 bits per heavy atom. The van der Waals surface area contributed by atoms with Gasteiger partial charge in [-0.25, -0.2) is 4.98 Å². The van der Waals surface area contributed by atoms with Crippen LogP contribution in [0.3, 0.4) is 0 Å². The number of carboxylic acids is 1. The molecule has 0 radical (unpaired) electrons. The summed E-state index contributed by atoms with van der Waals surface area (Å²) in [6.45, 7) is 1.98. The van der Waals surface area contributed by atoms with Gasteiger partial charge in [0.05, 0.1) is 6.42 Å². The van der Waals surface area contributed by atoms with E-state index in [1.165, 1.54) is 10.8 Å². The molecule has 0 aliphatic heterocycles. The first-order chi connectivity index (χ1) is 9.39. The van der Waals surface area contributed by atoms with Crippen LogP contribution in [0, 0.1) is 0 Å². The standard InChI is InChI=1S/C12H18NO4PS2/c1-10(19-20-11-4-2-3-7-13-11)5-8-18(16,17)9-6-12(14)15/h2-4,7,10H,5-6,8-9H2,1H3,(H,14,15)(H,16,17). The van der Waals surface area contributed by atoms with E-state index in [1.54, 1.807) is 17.0 Å². The fourth-order valence-corrected chi connectivity index (χ4v) is 5.16. The lowest BCUT2D eigenvalue weighted by atomic mass is 10.4. The monoisotopic (exact) mass is 335 g/mol. The van der Waals surface area contributed by atoms with Gasteiger partial charge in [0, 0.05) is 23.8 Å². The second-order valence-electron chi connectivity index (χ2n) is 4.38. The number of hydrogen-bond acceptors (Lipinski definition) is 5. The molecular weight excluding hydrogens is 317 g/mol.